The van der Waals surface area contributed by atoms with Crippen LogP contribution in [-0.2, 0) is 30.5 Å². The van der Waals surface area contributed by atoms with Crippen molar-refractivity contribution < 1.29 is 17.2 Å². The van der Waals surface area contributed by atoms with E-state index in [0.717, 1.165) is 25.9 Å². The van der Waals surface area contributed by atoms with Crippen LogP contribution in [0.25, 0.3) is 0 Å². The number of hydrogen-bond donors (Lipinski definition) is 1. The zero-order valence-corrected chi connectivity index (χ0v) is 15.3. The van der Waals surface area contributed by atoms with Gasteiger partial charge in [-0.3, -0.25) is 9.69 Å². The van der Waals surface area contributed by atoms with Crippen LogP contribution in [0.4, 0.5) is 5.69 Å². The van der Waals surface area contributed by atoms with Crippen LogP contribution in [0.1, 0.15) is 55.9 Å². The van der Waals surface area contributed by atoms with E-state index in [4.69, 9.17) is 0 Å². The second kappa shape index (κ2) is 7.67. The Hall–Kier alpha value is -1.06. The molecule has 23 heavy (non-hydrogen) atoms. The Morgan fingerprint density at radius 3 is 2.09 bits per heavy atom. The molecule has 1 unspecified atom stereocenters. The van der Waals surface area contributed by atoms with Gasteiger partial charge in [0.15, 0.2) is 0 Å². The number of aryl methyl sites for hydroxylation is 2. The van der Waals surface area contributed by atoms with Crippen LogP contribution in [0.2, 0.25) is 0 Å². The van der Waals surface area contributed by atoms with Crippen LogP contribution in [-0.4, -0.2) is 29.9 Å². The number of likely N-dealkylation sites (N-methyl/N-ethyl adjacent to an activating group) is 1. The fraction of sp³-hybridized carbons (Fsp3) is 0.632. The monoisotopic (exact) mass is 335 g/mol. The van der Waals surface area contributed by atoms with E-state index >= 15 is 0 Å². The number of rotatable bonds is 5. The third kappa shape index (κ3) is 3.41. The van der Waals surface area contributed by atoms with Crippen molar-refractivity contribution in [1.82, 2.24) is 4.90 Å². The van der Waals surface area contributed by atoms with E-state index in [-0.39, 0.29) is 24.4 Å². The number of amides is 1. The van der Waals surface area contributed by atoms with E-state index in [1.807, 2.05) is 6.92 Å². The minimum absolute atomic E-state index is 0. The van der Waals surface area contributed by atoms with Crippen LogP contribution in [0.3, 0.4) is 0 Å². The number of nitrogens with one attached hydrogen (secondary N) is 1. The Morgan fingerprint density at radius 1 is 1.09 bits per heavy atom. The van der Waals surface area contributed by atoms with Crippen LogP contribution in [0, 0.1) is 0 Å². The van der Waals surface area contributed by atoms with Crippen molar-refractivity contribution in [3.8, 4) is 0 Å². The van der Waals surface area contributed by atoms with Gasteiger partial charge in [-0.1, -0.05) is 19.9 Å². The summed E-state index contributed by atoms with van der Waals surface area (Å²) in [4.78, 5) is 14.9. The Bertz CT molecular complexity index is 549. The number of fused-ring (bicyclic) bond motifs is 2. The Kier molecular flexibility index (Phi) is 6.10. The molecule has 1 atom stereocenters. The Labute approximate surface area is 146 Å². The summed E-state index contributed by atoms with van der Waals surface area (Å²) in [6.45, 7) is 8.08. The molecule has 2 aliphatic carbocycles. The predicted molar refractivity (Wildman–Crippen MR) is 91.5 cm³/mol. The SMILES string of the molecule is CCN(CC)C(C)C(=O)Nc1c2c(cc3c1CCC3)CCC2.[Cl-]. The number of nitrogens with zero attached hydrogens (tertiary/aromatic N) is 1. The van der Waals surface area contributed by atoms with Crippen molar-refractivity contribution in [2.45, 2.75) is 65.3 Å². The van der Waals surface area contributed by atoms with Gasteiger partial charge in [0.1, 0.15) is 0 Å². The second-order valence-electron chi connectivity index (χ2n) is 6.62. The second-order valence-corrected chi connectivity index (χ2v) is 6.62. The first-order valence-corrected chi connectivity index (χ1v) is 8.87. The lowest BCUT2D eigenvalue weighted by Crippen LogP contribution is -3.00. The molecule has 2 aliphatic rings. The average molecular weight is 336 g/mol. The topological polar surface area (TPSA) is 32.3 Å². The van der Waals surface area contributed by atoms with Gasteiger partial charge in [0.25, 0.3) is 0 Å². The van der Waals surface area contributed by atoms with Crippen molar-refractivity contribution in [1.29, 1.82) is 0 Å². The van der Waals surface area contributed by atoms with Gasteiger partial charge in [-0.05, 0) is 80.8 Å². The van der Waals surface area contributed by atoms with Gasteiger partial charge >= 0.3 is 0 Å². The minimum Gasteiger partial charge on any atom is -1.00 e. The fourth-order valence-electron chi connectivity index (χ4n) is 4.13. The Morgan fingerprint density at radius 2 is 1.61 bits per heavy atom. The molecule has 0 saturated heterocycles. The summed E-state index contributed by atoms with van der Waals surface area (Å²) in [6, 6.07) is 2.35. The molecule has 0 radical (unpaired) electrons. The number of hydrogen-bond acceptors (Lipinski definition) is 2. The van der Waals surface area contributed by atoms with Crippen molar-refractivity contribution in [2.24, 2.45) is 0 Å². The summed E-state index contributed by atoms with van der Waals surface area (Å²) in [5, 5.41) is 3.31. The molecule has 4 heteroatoms. The third-order valence-electron chi connectivity index (χ3n) is 5.46. The lowest BCUT2D eigenvalue weighted by molar-refractivity contribution is -0.120. The summed E-state index contributed by atoms with van der Waals surface area (Å²) in [6.07, 6.45) is 7.06. The van der Waals surface area contributed by atoms with E-state index in [1.165, 1.54) is 53.6 Å². The molecule has 0 saturated carbocycles. The standard InChI is InChI=1S/C19H28N2O.ClH/c1-4-21(5-2)13(3)19(22)20-18-16-10-6-8-14(16)12-15-9-7-11-17(15)18;/h12-13H,4-11H2,1-3H3,(H,20,22);1H/p-1. The first-order chi connectivity index (χ1) is 10.7. The highest BCUT2D eigenvalue weighted by Gasteiger charge is 2.27. The molecule has 128 valence electrons. The van der Waals surface area contributed by atoms with Gasteiger partial charge in [0, 0.05) is 5.69 Å². The molecular formula is C19H28ClN2O-. The van der Waals surface area contributed by atoms with E-state index in [2.05, 4.69) is 30.1 Å². The van der Waals surface area contributed by atoms with Gasteiger partial charge < -0.3 is 17.7 Å². The van der Waals surface area contributed by atoms with Gasteiger partial charge in [0.05, 0.1) is 6.04 Å². The molecule has 3 rings (SSSR count). The van der Waals surface area contributed by atoms with E-state index in [9.17, 15) is 4.79 Å². The number of carbonyl (C=O) groups excluding carboxylic acids is 1. The lowest BCUT2D eigenvalue weighted by Gasteiger charge is -2.26. The van der Waals surface area contributed by atoms with Crippen LogP contribution < -0.4 is 17.7 Å². The highest BCUT2D eigenvalue weighted by molar-refractivity contribution is 5.96. The fourth-order valence-corrected chi connectivity index (χ4v) is 4.13. The van der Waals surface area contributed by atoms with Gasteiger partial charge in [0.2, 0.25) is 5.91 Å². The number of halogens is 1. The molecule has 0 fully saturated rings. The summed E-state index contributed by atoms with van der Waals surface area (Å²) in [7, 11) is 0. The molecular weight excluding hydrogens is 308 g/mol. The molecule has 0 aliphatic heterocycles. The zero-order valence-electron chi connectivity index (χ0n) is 14.5. The number of anilines is 1. The molecule has 1 aromatic rings. The summed E-state index contributed by atoms with van der Waals surface area (Å²) >= 11 is 0. The summed E-state index contributed by atoms with van der Waals surface area (Å²) in [5.74, 6) is 0.151. The zero-order chi connectivity index (χ0) is 15.7. The van der Waals surface area contributed by atoms with Crippen molar-refractivity contribution in [3.05, 3.63) is 28.3 Å². The van der Waals surface area contributed by atoms with Crippen LogP contribution in [0.5, 0.6) is 0 Å². The van der Waals surface area contributed by atoms with Gasteiger partial charge in [-0.25, -0.2) is 0 Å². The maximum Gasteiger partial charge on any atom is 0.241 e. The van der Waals surface area contributed by atoms with Crippen molar-refractivity contribution in [3.63, 3.8) is 0 Å². The minimum atomic E-state index is -0.0655. The summed E-state index contributed by atoms with van der Waals surface area (Å²) < 4.78 is 0. The number of benzene rings is 1. The summed E-state index contributed by atoms with van der Waals surface area (Å²) in [5.41, 5.74) is 6.96. The van der Waals surface area contributed by atoms with E-state index in [0.29, 0.717) is 0 Å². The lowest BCUT2D eigenvalue weighted by atomic mass is 9.98. The van der Waals surface area contributed by atoms with Gasteiger partial charge in [-0.15, -0.1) is 0 Å². The van der Waals surface area contributed by atoms with Crippen molar-refractivity contribution in [2.75, 3.05) is 18.4 Å². The predicted octanol–water partition coefficient (Wildman–Crippen LogP) is 0.337. The quantitative estimate of drug-likeness (QED) is 0.841. The molecule has 1 amide bonds. The molecule has 3 nitrogen and oxygen atoms in total. The molecule has 0 heterocycles. The third-order valence-corrected chi connectivity index (χ3v) is 5.46. The van der Waals surface area contributed by atoms with Crippen LogP contribution in [0.15, 0.2) is 6.07 Å². The molecule has 1 N–H and O–H groups in total. The highest BCUT2D eigenvalue weighted by Crippen LogP contribution is 2.38. The first-order valence-electron chi connectivity index (χ1n) is 8.87. The van der Waals surface area contributed by atoms with E-state index < -0.39 is 0 Å². The highest BCUT2D eigenvalue weighted by atomic mass is 35.5. The maximum atomic E-state index is 12.7. The largest absolute Gasteiger partial charge is 1.00 e. The smallest absolute Gasteiger partial charge is 0.241 e. The molecule has 0 bridgehead atoms. The molecule has 1 aromatic carbocycles. The maximum absolute atomic E-state index is 12.7. The normalized spacial score (nSPS) is 16.7. The number of carbonyl (C=O) groups is 1. The Balaban J connectivity index is 0.00000192. The van der Waals surface area contributed by atoms with Gasteiger partial charge in [-0.2, -0.15) is 0 Å². The van der Waals surface area contributed by atoms with E-state index in [1.54, 1.807) is 0 Å². The average Bonchev–Trinajstić information content (AvgIpc) is 3.16. The molecule has 0 spiro atoms. The molecule has 0 aromatic heterocycles. The van der Waals surface area contributed by atoms with Crippen LogP contribution >= 0.6 is 0 Å². The van der Waals surface area contributed by atoms with Crippen molar-refractivity contribution >= 4 is 11.6 Å². The first kappa shape index (κ1) is 18.3.